The van der Waals surface area contributed by atoms with E-state index in [0.29, 0.717) is 6.61 Å². The van der Waals surface area contributed by atoms with Crippen LogP contribution in [0.4, 0.5) is 0 Å². The second kappa shape index (κ2) is 7.41. The molecule has 1 unspecified atom stereocenters. The number of hydrogen-bond acceptors (Lipinski definition) is 2. The maximum absolute atomic E-state index is 12.2. The summed E-state index contributed by atoms with van der Waals surface area (Å²) in [6, 6.07) is 21.3. The predicted molar refractivity (Wildman–Crippen MR) is 93.8 cm³/mol. The number of esters is 1. The van der Waals surface area contributed by atoms with Crippen LogP contribution in [0.25, 0.3) is 0 Å². The van der Waals surface area contributed by atoms with Gasteiger partial charge in [-0.1, -0.05) is 85.9 Å². The number of rotatable bonds is 6. The van der Waals surface area contributed by atoms with E-state index in [0.717, 1.165) is 11.6 Å². The van der Waals surface area contributed by atoms with Crippen molar-refractivity contribution in [3.63, 3.8) is 0 Å². The molecule has 0 saturated heterocycles. The molecule has 0 aliphatic carbocycles. The normalized spacial score (nSPS) is 12.7. The van der Waals surface area contributed by atoms with Crippen LogP contribution in [0.1, 0.15) is 12.5 Å². The Labute approximate surface area is 134 Å². The molecule has 0 heterocycles. The molecule has 0 saturated carbocycles. The Morgan fingerprint density at radius 3 is 2.14 bits per heavy atom. The summed E-state index contributed by atoms with van der Waals surface area (Å²) in [5.74, 6) is -0.161. The third kappa shape index (κ3) is 4.57. The van der Waals surface area contributed by atoms with Gasteiger partial charge in [-0.15, -0.1) is 0 Å². The van der Waals surface area contributed by atoms with Gasteiger partial charge in [0.25, 0.3) is 0 Å². The first kappa shape index (κ1) is 16.5. The Morgan fingerprint density at radius 2 is 1.55 bits per heavy atom. The average Bonchev–Trinajstić information content (AvgIpc) is 2.54. The molecule has 2 aromatic rings. The first-order valence-corrected chi connectivity index (χ1v) is 11.0. The van der Waals surface area contributed by atoms with Gasteiger partial charge in [0.15, 0.2) is 0 Å². The topological polar surface area (TPSA) is 26.3 Å². The van der Waals surface area contributed by atoms with Gasteiger partial charge in [-0.05, 0) is 11.6 Å². The van der Waals surface area contributed by atoms with Crippen LogP contribution in [-0.2, 0) is 16.1 Å². The monoisotopic (exact) mass is 312 g/mol. The standard InChI is InChI=1S/C19H24O2Si/c1-16(15-22(2,3)18-12-8-5-9-13-18)19(20)21-14-17-10-6-4-7-11-17/h4-13,16H,14-15H2,1-3H3. The molecule has 22 heavy (non-hydrogen) atoms. The highest BCUT2D eigenvalue weighted by molar-refractivity contribution is 6.89. The van der Waals surface area contributed by atoms with Crippen molar-refractivity contribution in [2.24, 2.45) is 5.92 Å². The van der Waals surface area contributed by atoms with E-state index in [1.807, 2.05) is 43.3 Å². The third-order valence-electron chi connectivity index (χ3n) is 4.00. The Bertz CT molecular complexity index is 593. The van der Waals surface area contributed by atoms with Crippen LogP contribution in [0.2, 0.25) is 19.1 Å². The number of carbonyl (C=O) groups excluding carboxylic acids is 1. The van der Waals surface area contributed by atoms with E-state index in [9.17, 15) is 4.79 Å². The molecule has 0 fully saturated rings. The fraction of sp³-hybridized carbons (Fsp3) is 0.316. The minimum absolute atomic E-state index is 0.0643. The fourth-order valence-corrected chi connectivity index (χ4v) is 5.76. The summed E-state index contributed by atoms with van der Waals surface area (Å²) in [5, 5.41) is 1.39. The van der Waals surface area contributed by atoms with Crippen LogP contribution in [-0.4, -0.2) is 14.0 Å². The number of carbonyl (C=O) groups is 1. The Kier molecular flexibility index (Phi) is 5.55. The van der Waals surface area contributed by atoms with Crippen molar-refractivity contribution in [2.45, 2.75) is 32.7 Å². The molecule has 0 N–H and O–H groups in total. The molecule has 3 heteroatoms. The van der Waals surface area contributed by atoms with Gasteiger partial charge < -0.3 is 4.74 Å². The van der Waals surface area contributed by atoms with Crippen molar-refractivity contribution in [2.75, 3.05) is 0 Å². The molecule has 2 nitrogen and oxygen atoms in total. The van der Waals surface area contributed by atoms with Gasteiger partial charge in [-0.3, -0.25) is 4.79 Å². The van der Waals surface area contributed by atoms with E-state index in [2.05, 4.69) is 37.4 Å². The zero-order valence-corrected chi connectivity index (χ0v) is 14.6. The smallest absolute Gasteiger partial charge is 0.308 e. The second-order valence-corrected chi connectivity index (χ2v) is 11.2. The van der Waals surface area contributed by atoms with Crippen LogP contribution < -0.4 is 5.19 Å². The van der Waals surface area contributed by atoms with Gasteiger partial charge in [0.2, 0.25) is 0 Å². The van der Waals surface area contributed by atoms with E-state index in [1.165, 1.54) is 5.19 Å². The van der Waals surface area contributed by atoms with Crippen LogP contribution in [0.3, 0.4) is 0 Å². The molecule has 0 aliphatic heterocycles. The lowest BCUT2D eigenvalue weighted by Gasteiger charge is -2.25. The van der Waals surface area contributed by atoms with Gasteiger partial charge in [0.1, 0.15) is 6.61 Å². The zero-order valence-electron chi connectivity index (χ0n) is 13.6. The molecule has 0 bridgehead atoms. The predicted octanol–water partition coefficient (Wildman–Crippen LogP) is 3.98. The summed E-state index contributed by atoms with van der Waals surface area (Å²) in [4.78, 5) is 12.2. The number of benzene rings is 2. The van der Waals surface area contributed by atoms with Crippen LogP contribution in [0.5, 0.6) is 0 Å². The van der Waals surface area contributed by atoms with E-state index in [4.69, 9.17) is 4.74 Å². The van der Waals surface area contributed by atoms with Gasteiger partial charge in [-0.2, -0.15) is 0 Å². The zero-order chi connectivity index (χ0) is 16.0. The quantitative estimate of drug-likeness (QED) is 0.596. The van der Waals surface area contributed by atoms with E-state index >= 15 is 0 Å². The summed E-state index contributed by atoms with van der Waals surface area (Å²) in [7, 11) is -1.61. The summed E-state index contributed by atoms with van der Waals surface area (Å²) in [6.45, 7) is 6.95. The molecule has 0 aromatic heterocycles. The molecule has 0 spiro atoms. The number of ether oxygens (including phenoxy) is 1. The maximum Gasteiger partial charge on any atom is 0.308 e. The second-order valence-electron chi connectivity index (χ2n) is 6.45. The van der Waals surface area contributed by atoms with Gasteiger partial charge in [0.05, 0.1) is 14.0 Å². The summed E-state index contributed by atoms with van der Waals surface area (Å²) in [6.07, 6.45) is 0. The molecular weight excluding hydrogens is 288 g/mol. The Hall–Kier alpha value is -1.87. The Morgan fingerprint density at radius 1 is 1.00 bits per heavy atom. The van der Waals surface area contributed by atoms with Crippen molar-refractivity contribution in [1.82, 2.24) is 0 Å². The van der Waals surface area contributed by atoms with Gasteiger partial charge in [0, 0.05) is 0 Å². The van der Waals surface area contributed by atoms with Gasteiger partial charge >= 0.3 is 5.97 Å². The first-order chi connectivity index (χ1) is 10.5. The van der Waals surface area contributed by atoms with Crippen molar-refractivity contribution in [3.8, 4) is 0 Å². The summed E-state index contributed by atoms with van der Waals surface area (Å²) < 4.78 is 5.45. The lowest BCUT2D eigenvalue weighted by molar-refractivity contribution is -0.148. The molecule has 2 aromatic carbocycles. The molecule has 0 aliphatic rings. The minimum Gasteiger partial charge on any atom is -0.461 e. The van der Waals surface area contributed by atoms with Crippen LogP contribution in [0.15, 0.2) is 60.7 Å². The first-order valence-electron chi connectivity index (χ1n) is 7.75. The highest BCUT2D eigenvalue weighted by Crippen LogP contribution is 2.19. The third-order valence-corrected chi connectivity index (χ3v) is 7.53. The van der Waals surface area contributed by atoms with Crippen LogP contribution >= 0.6 is 0 Å². The van der Waals surface area contributed by atoms with E-state index in [1.54, 1.807) is 0 Å². The molecule has 1 atom stereocenters. The van der Waals surface area contributed by atoms with Crippen molar-refractivity contribution in [1.29, 1.82) is 0 Å². The van der Waals surface area contributed by atoms with Crippen molar-refractivity contribution < 1.29 is 9.53 Å². The Balaban J connectivity index is 1.91. The molecule has 2 rings (SSSR count). The van der Waals surface area contributed by atoms with Crippen molar-refractivity contribution in [3.05, 3.63) is 66.2 Å². The maximum atomic E-state index is 12.2. The largest absolute Gasteiger partial charge is 0.461 e. The van der Waals surface area contributed by atoms with Gasteiger partial charge in [-0.25, -0.2) is 0 Å². The summed E-state index contributed by atoms with van der Waals surface area (Å²) in [5.41, 5.74) is 1.03. The highest BCUT2D eigenvalue weighted by atomic mass is 28.3. The lowest BCUT2D eigenvalue weighted by atomic mass is 10.2. The highest BCUT2D eigenvalue weighted by Gasteiger charge is 2.29. The molecule has 0 radical (unpaired) electrons. The number of hydrogen-bond donors (Lipinski definition) is 0. The molecule has 116 valence electrons. The minimum atomic E-state index is -1.61. The lowest BCUT2D eigenvalue weighted by Crippen LogP contribution is -2.43. The molecular formula is C19H24O2Si. The van der Waals surface area contributed by atoms with Crippen LogP contribution in [0, 0.1) is 5.92 Å². The van der Waals surface area contributed by atoms with E-state index in [-0.39, 0.29) is 11.9 Å². The average molecular weight is 312 g/mol. The van der Waals surface area contributed by atoms with Crippen molar-refractivity contribution >= 4 is 19.2 Å². The molecule has 0 amide bonds. The summed E-state index contributed by atoms with van der Waals surface area (Å²) >= 11 is 0. The van der Waals surface area contributed by atoms with E-state index < -0.39 is 8.07 Å². The fourth-order valence-electron chi connectivity index (χ4n) is 2.73. The SMILES string of the molecule is CC(C[Si](C)(C)c1ccccc1)C(=O)OCc1ccccc1.